The maximum absolute atomic E-state index is 10.9. The molecule has 0 unspecified atom stereocenters. The Bertz CT molecular complexity index is 140. The van der Waals surface area contributed by atoms with E-state index < -0.39 is 0 Å². The predicted molar refractivity (Wildman–Crippen MR) is 47.1 cm³/mol. The fourth-order valence-electron chi connectivity index (χ4n) is 0.810. The van der Waals surface area contributed by atoms with Crippen LogP contribution in [-0.2, 0) is 4.79 Å². The van der Waals surface area contributed by atoms with E-state index in [0.717, 1.165) is 19.4 Å². The quantitative estimate of drug-likeness (QED) is 0.609. The summed E-state index contributed by atoms with van der Waals surface area (Å²) in [5.41, 5.74) is 0. The van der Waals surface area contributed by atoms with Crippen LogP contribution in [0.5, 0.6) is 0 Å². The fourth-order valence-corrected chi connectivity index (χ4v) is 0.810. The van der Waals surface area contributed by atoms with Gasteiger partial charge in [-0.2, -0.15) is 0 Å². The van der Waals surface area contributed by atoms with Crippen LogP contribution in [-0.4, -0.2) is 17.4 Å². The Kier molecular flexibility index (Phi) is 5.53. The zero-order chi connectivity index (χ0) is 8.69. The molecule has 11 heavy (non-hydrogen) atoms. The molecule has 2 heteroatoms. The van der Waals surface area contributed by atoms with Crippen LogP contribution in [0.2, 0.25) is 0 Å². The van der Waals surface area contributed by atoms with Gasteiger partial charge >= 0.3 is 0 Å². The van der Waals surface area contributed by atoms with Crippen molar-refractivity contribution >= 4 is 5.91 Å². The van der Waals surface area contributed by atoms with Gasteiger partial charge in [0.2, 0.25) is 5.91 Å². The SMILES string of the molecule is CC/C=C/N(CCC)C(C)=O. The van der Waals surface area contributed by atoms with Gasteiger partial charge in [0.1, 0.15) is 0 Å². The van der Waals surface area contributed by atoms with E-state index in [2.05, 4.69) is 13.8 Å². The highest BCUT2D eigenvalue weighted by Gasteiger charge is 2.00. The molecule has 0 radical (unpaired) electrons. The van der Waals surface area contributed by atoms with Crippen molar-refractivity contribution in [2.24, 2.45) is 0 Å². The maximum atomic E-state index is 10.9. The van der Waals surface area contributed by atoms with E-state index in [0.29, 0.717) is 0 Å². The molecule has 0 N–H and O–H groups in total. The number of nitrogens with zero attached hydrogens (tertiary/aromatic N) is 1. The van der Waals surface area contributed by atoms with Crippen LogP contribution in [0.1, 0.15) is 33.6 Å². The van der Waals surface area contributed by atoms with Gasteiger partial charge in [-0.05, 0) is 12.8 Å². The van der Waals surface area contributed by atoms with Crippen molar-refractivity contribution < 1.29 is 4.79 Å². The van der Waals surface area contributed by atoms with E-state index >= 15 is 0 Å². The van der Waals surface area contributed by atoms with Gasteiger partial charge in [-0.3, -0.25) is 4.79 Å². The highest BCUT2D eigenvalue weighted by molar-refractivity contribution is 5.74. The van der Waals surface area contributed by atoms with E-state index in [4.69, 9.17) is 0 Å². The van der Waals surface area contributed by atoms with Gasteiger partial charge < -0.3 is 4.90 Å². The highest BCUT2D eigenvalue weighted by atomic mass is 16.2. The lowest BCUT2D eigenvalue weighted by Crippen LogP contribution is -2.23. The smallest absolute Gasteiger partial charge is 0.223 e. The molecule has 0 saturated heterocycles. The standard InChI is InChI=1S/C9H17NO/c1-4-6-8-10(7-5-2)9(3)11/h6,8H,4-5,7H2,1-3H3/b8-6+. The summed E-state index contributed by atoms with van der Waals surface area (Å²) in [7, 11) is 0. The van der Waals surface area contributed by atoms with Crippen LogP contribution in [0, 0.1) is 0 Å². The summed E-state index contributed by atoms with van der Waals surface area (Å²) >= 11 is 0. The third-order valence-electron chi connectivity index (χ3n) is 1.39. The molecule has 2 nitrogen and oxygen atoms in total. The van der Waals surface area contributed by atoms with Crippen molar-refractivity contribution in [3.8, 4) is 0 Å². The molecule has 0 fully saturated rings. The normalized spacial score (nSPS) is 10.5. The second kappa shape index (κ2) is 5.96. The maximum Gasteiger partial charge on any atom is 0.223 e. The van der Waals surface area contributed by atoms with Gasteiger partial charge in [0, 0.05) is 19.7 Å². The summed E-state index contributed by atoms with van der Waals surface area (Å²) < 4.78 is 0. The zero-order valence-electron chi connectivity index (χ0n) is 7.63. The Morgan fingerprint density at radius 2 is 2.09 bits per heavy atom. The Hall–Kier alpha value is -0.790. The van der Waals surface area contributed by atoms with Crippen LogP contribution in [0.3, 0.4) is 0 Å². The Balaban J connectivity index is 3.88. The summed E-state index contributed by atoms with van der Waals surface area (Å²) in [5, 5.41) is 0. The van der Waals surface area contributed by atoms with Crippen LogP contribution in [0.25, 0.3) is 0 Å². The zero-order valence-corrected chi connectivity index (χ0v) is 7.63. The molecule has 0 aromatic carbocycles. The van der Waals surface area contributed by atoms with Gasteiger partial charge in [-0.1, -0.05) is 19.9 Å². The molecular weight excluding hydrogens is 138 g/mol. The average molecular weight is 155 g/mol. The molecule has 0 aliphatic carbocycles. The van der Waals surface area contributed by atoms with Crippen LogP contribution in [0.4, 0.5) is 0 Å². The van der Waals surface area contributed by atoms with E-state index in [-0.39, 0.29) is 5.91 Å². The van der Waals surface area contributed by atoms with E-state index in [9.17, 15) is 4.79 Å². The van der Waals surface area contributed by atoms with Crippen LogP contribution >= 0.6 is 0 Å². The van der Waals surface area contributed by atoms with Crippen LogP contribution in [0.15, 0.2) is 12.3 Å². The molecule has 0 spiro atoms. The summed E-state index contributed by atoms with van der Waals surface area (Å²) in [6.07, 6.45) is 5.85. The molecule has 0 saturated carbocycles. The molecule has 0 aromatic heterocycles. The average Bonchev–Trinajstić information content (AvgIpc) is 1.97. The fraction of sp³-hybridized carbons (Fsp3) is 0.667. The third-order valence-corrected chi connectivity index (χ3v) is 1.39. The number of carbonyl (C=O) groups excluding carboxylic acids is 1. The lowest BCUT2D eigenvalue weighted by Gasteiger charge is -2.14. The molecule has 1 amide bonds. The van der Waals surface area contributed by atoms with Crippen molar-refractivity contribution in [2.75, 3.05) is 6.54 Å². The lowest BCUT2D eigenvalue weighted by atomic mass is 10.4. The van der Waals surface area contributed by atoms with Crippen molar-refractivity contribution in [3.63, 3.8) is 0 Å². The minimum atomic E-state index is 0.122. The summed E-state index contributed by atoms with van der Waals surface area (Å²) in [4.78, 5) is 12.7. The Morgan fingerprint density at radius 3 is 2.45 bits per heavy atom. The summed E-state index contributed by atoms with van der Waals surface area (Å²) in [5.74, 6) is 0.122. The van der Waals surface area contributed by atoms with Crippen molar-refractivity contribution in [1.29, 1.82) is 0 Å². The molecule has 0 heterocycles. The van der Waals surface area contributed by atoms with E-state index in [1.807, 2.05) is 12.3 Å². The van der Waals surface area contributed by atoms with E-state index in [1.165, 1.54) is 0 Å². The predicted octanol–water partition coefficient (Wildman–Crippen LogP) is 2.17. The van der Waals surface area contributed by atoms with Gasteiger partial charge in [-0.25, -0.2) is 0 Å². The monoisotopic (exact) mass is 155 g/mol. The van der Waals surface area contributed by atoms with Crippen molar-refractivity contribution in [2.45, 2.75) is 33.6 Å². The molecule has 0 aliphatic rings. The molecule has 0 atom stereocenters. The van der Waals surface area contributed by atoms with Gasteiger partial charge in [-0.15, -0.1) is 0 Å². The minimum Gasteiger partial charge on any atom is -0.320 e. The van der Waals surface area contributed by atoms with Gasteiger partial charge in [0.15, 0.2) is 0 Å². The molecule has 0 aromatic rings. The number of hydrogen-bond acceptors (Lipinski definition) is 1. The molecular formula is C9H17NO. The first kappa shape index (κ1) is 10.2. The molecule has 0 rings (SSSR count). The second-order valence-corrected chi connectivity index (χ2v) is 2.51. The van der Waals surface area contributed by atoms with Gasteiger partial charge in [0.05, 0.1) is 0 Å². The Labute approximate surface area is 68.9 Å². The molecule has 0 aliphatic heterocycles. The van der Waals surface area contributed by atoms with E-state index in [1.54, 1.807) is 11.8 Å². The highest BCUT2D eigenvalue weighted by Crippen LogP contribution is 1.94. The van der Waals surface area contributed by atoms with Crippen molar-refractivity contribution in [3.05, 3.63) is 12.3 Å². The largest absolute Gasteiger partial charge is 0.320 e. The number of rotatable bonds is 4. The topological polar surface area (TPSA) is 20.3 Å². The number of hydrogen-bond donors (Lipinski definition) is 0. The molecule has 0 bridgehead atoms. The first-order valence-corrected chi connectivity index (χ1v) is 4.16. The van der Waals surface area contributed by atoms with Gasteiger partial charge in [0.25, 0.3) is 0 Å². The number of amides is 1. The molecule has 64 valence electrons. The number of allylic oxidation sites excluding steroid dienone is 1. The lowest BCUT2D eigenvalue weighted by molar-refractivity contribution is -0.126. The van der Waals surface area contributed by atoms with Crippen molar-refractivity contribution in [1.82, 2.24) is 4.90 Å². The third kappa shape index (κ3) is 4.59. The Morgan fingerprint density at radius 1 is 1.45 bits per heavy atom. The summed E-state index contributed by atoms with van der Waals surface area (Å²) in [6.45, 7) is 6.54. The minimum absolute atomic E-state index is 0.122. The second-order valence-electron chi connectivity index (χ2n) is 2.51. The van der Waals surface area contributed by atoms with Crippen LogP contribution < -0.4 is 0 Å². The first-order valence-electron chi connectivity index (χ1n) is 4.16. The summed E-state index contributed by atoms with van der Waals surface area (Å²) in [6, 6.07) is 0. The first-order chi connectivity index (χ1) is 5.22. The number of carbonyl (C=O) groups is 1.